The molecule has 47 heavy (non-hydrogen) atoms. The summed E-state index contributed by atoms with van der Waals surface area (Å²) in [7, 11) is 1.57. The Balaban J connectivity index is 0.000000223. The van der Waals surface area contributed by atoms with Gasteiger partial charge in [-0.05, 0) is 98.9 Å². The Bertz CT molecular complexity index is 1930. The fourth-order valence-electron chi connectivity index (χ4n) is 6.29. The number of aryl methyl sites for hydroxylation is 4. The van der Waals surface area contributed by atoms with Gasteiger partial charge >= 0.3 is 11.4 Å². The summed E-state index contributed by atoms with van der Waals surface area (Å²) < 4.78 is 15.0. The van der Waals surface area contributed by atoms with Gasteiger partial charge in [0.25, 0.3) is 11.1 Å². The van der Waals surface area contributed by atoms with Crippen LogP contribution in [0.1, 0.15) is 111 Å². The van der Waals surface area contributed by atoms with Crippen molar-refractivity contribution >= 4 is 0 Å². The minimum Gasteiger partial charge on any atom is -0.440 e. The van der Waals surface area contributed by atoms with Crippen LogP contribution in [0.25, 0.3) is 0 Å². The molecule has 0 spiro atoms. The van der Waals surface area contributed by atoms with Gasteiger partial charge in [-0.2, -0.15) is 0 Å². The average Bonchev–Trinajstić information content (AvgIpc) is 2.95. The summed E-state index contributed by atoms with van der Waals surface area (Å²) in [5, 5.41) is 0. The van der Waals surface area contributed by atoms with Gasteiger partial charge in [0.1, 0.15) is 11.5 Å². The van der Waals surface area contributed by atoms with E-state index in [0.29, 0.717) is 28.5 Å². The first-order valence-electron chi connectivity index (χ1n) is 16.4. The Hall–Kier alpha value is -4.60. The lowest BCUT2D eigenvalue weighted by Gasteiger charge is -2.28. The van der Waals surface area contributed by atoms with Crippen LogP contribution >= 0.6 is 0 Å². The zero-order valence-corrected chi connectivity index (χ0v) is 29.1. The molecule has 252 valence electrons. The number of nitrogens with one attached hydrogen (secondary N) is 2. The predicted molar refractivity (Wildman–Crippen MR) is 186 cm³/mol. The number of hydrogen-bond donors (Lipinski definition) is 2. The first-order valence-corrected chi connectivity index (χ1v) is 16.4. The van der Waals surface area contributed by atoms with Crippen LogP contribution in [-0.2, 0) is 7.05 Å². The van der Waals surface area contributed by atoms with Crippen molar-refractivity contribution in [2.24, 2.45) is 7.05 Å². The minimum atomic E-state index is -0.571. The highest BCUT2D eigenvalue weighted by Gasteiger charge is 2.27. The zero-order valence-electron chi connectivity index (χ0n) is 29.1. The summed E-state index contributed by atoms with van der Waals surface area (Å²) in [6.07, 6.45) is 5.28. The molecule has 10 heteroatoms. The van der Waals surface area contributed by atoms with Crippen molar-refractivity contribution in [3.63, 3.8) is 0 Å². The number of hydrogen-bond acceptors (Lipinski definition) is 6. The van der Waals surface area contributed by atoms with Crippen molar-refractivity contribution in [1.82, 2.24) is 19.1 Å². The van der Waals surface area contributed by atoms with E-state index in [4.69, 9.17) is 9.47 Å². The third kappa shape index (κ3) is 8.41. The van der Waals surface area contributed by atoms with Crippen LogP contribution in [0.15, 0.2) is 55.6 Å². The lowest BCUT2D eigenvalue weighted by atomic mass is 9.95. The van der Waals surface area contributed by atoms with Crippen LogP contribution < -0.4 is 32.0 Å². The lowest BCUT2D eigenvalue weighted by Crippen LogP contribution is -2.42. The van der Waals surface area contributed by atoms with Crippen molar-refractivity contribution in [3.05, 3.63) is 111 Å². The Labute approximate surface area is 275 Å². The monoisotopic (exact) mass is 644 g/mol. The Morgan fingerprint density at radius 3 is 1.66 bits per heavy atom. The van der Waals surface area contributed by atoms with Crippen LogP contribution in [0.5, 0.6) is 23.3 Å². The molecule has 0 bridgehead atoms. The largest absolute Gasteiger partial charge is 0.440 e. The molecule has 2 aromatic carbocycles. The van der Waals surface area contributed by atoms with Gasteiger partial charge in [-0.3, -0.25) is 28.7 Å². The molecule has 5 rings (SSSR count). The van der Waals surface area contributed by atoms with Crippen LogP contribution in [-0.4, -0.2) is 19.1 Å². The normalized spacial score (nSPS) is 13.4. The fourth-order valence-corrected chi connectivity index (χ4v) is 6.29. The first kappa shape index (κ1) is 35.3. The molecule has 0 radical (unpaired) electrons. The summed E-state index contributed by atoms with van der Waals surface area (Å²) in [5.41, 5.74) is 3.76. The smallest absolute Gasteiger partial charge is 0.333 e. The molecule has 0 amide bonds. The molecule has 0 unspecified atom stereocenters. The number of aromatic nitrogens is 4. The third-order valence-electron chi connectivity index (χ3n) is 8.34. The van der Waals surface area contributed by atoms with Crippen molar-refractivity contribution in [1.29, 1.82) is 0 Å². The summed E-state index contributed by atoms with van der Waals surface area (Å²) in [6.45, 7) is 15.6. The van der Waals surface area contributed by atoms with Crippen LogP contribution in [0, 0.1) is 27.7 Å². The molecule has 2 aromatic heterocycles. The van der Waals surface area contributed by atoms with E-state index in [1.165, 1.54) is 11.0 Å². The minimum absolute atomic E-state index is 0.0416. The molecule has 2 heterocycles. The summed E-state index contributed by atoms with van der Waals surface area (Å²) in [4.78, 5) is 54.0. The number of aromatic amines is 2. The topological polar surface area (TPSA) is 128 Å². The summed E-state index contributed by atoms with van der Waals surface area (Å²) in [5.74, 6) is 1.81. The number of rotatable bonds is 7. The maximum atomic E-state index is 13.1. The van der Waals surface area contributed by atoms with Gasteiger partial charge in [-0.25, -0.2) is 9.59 Å². The second-order valence-electron chi connectivity index (χ2n) is 13.3. The highest BCUT2D eigenvalue weighted by Crippen LogP contribution is 2.35. The molecule has 0 aliphatic heterocycles. The number of H-pyrrole nitrogens is 2. The Morgan fingerprint density at radius 2 is 1.17 bits per heavy atom. The predicted octanol–water partition coefficient (Wildman–Crippen LogP) is 7.18. The van der Waals surface area contributed by atoms with Gasteiger partial charge in [0.2, 0.25) is 11.8 Å². The molecular formula is C37H48N4O6. The van der Waals surface area contributed by atoms with Gasteiger partial charge in [-0.1, -0.05) is 59.1 Å². The van der Waals surface area contributed by atoms with E-state index >= 15 is 0 Å². The Kier molecular flexibility index (Phi) is 11.2. The third-order valence-corrected chi connectivity index (χ3v) is 8.34. The highest BCUT2D eigenvalue weighted by atomic mass is 16.5. The van der Waals surface area contributed by atoms with Crippen molar-refractivity contribution in [3.8, 4) is 23.3 Å². The number of benzene rings is 2. The van der Waals surface area contributed by atoms with Gasteiger partial charge in [-0.15, -0.1) is 0 Å². The van der Waals surface area contributed by atoms with E-state index < -0.39 is 11.2 Å². The maximum Gasteiger partial charge on any atom is 0.333 e. The molecule has 1 fully saturated rings. The van der Waals surface area contributed by atoms with Crippen molar-refractivity contribution in [2.75, 3.05) is 0 Å². The molecular weight excluding hydrogens is 596 g/mol. The number of nitrogens with zero attached hydrogens (tertiary/aromatic N) is 2. The van der Waals surface area contributed by atoms with Crippen molar-refractivity contribution in [2.45, 2.75) is 105 Å². The molecule has 4 aromatic rings. The standard InChI is InChI=1S/C22H30N2O3.C15H18N2O3/c1-14(2)19-20(25)23(5)22(26)24(17-9-7-6-8-10-17)21(19)27-18-12-15(3)11-16(4)13-18;1-8(2)12-13(18)16-15(19)17-14(12)20-11-6-9(3)5-10(4)7-11/h11-14,17H,6-10H2,1-5H3;5-8H,1-4H3,(H2,16,17,18,19). The molecule has 0 atom stereocenters. The average molecular weight is 645 g/mol. The quantitative estimate of drug-likeness (QED) is 0.219. The van der Waals surface area contributed by atoms with E-state index in [2.05, 4.69) is 16.0 Å². The lowest BCUT2D eigenvalue weighted by molar-refractivity contribution is 0.295. The van der Waals surface area contributed by atoms with E-state index in [0.717, 1.165) is 47.9 Å². The molecule has 10 nitrogen and oxygen atoms in total. The SMILES string of the molecule is Cc1cc(C)cc(Oc2[nH]c(=O)[nH]c(=O)c2C(C)C)c1.Cc1cc(C)cc(Oc2c(C(C)C)c(=O)n(C)c(=O)n2C2CCCCC2)c1. The molecule has 0 saturated heterocycles. The van der Waals surface area contributed by atoms with Gasteiger partial charge in [0.05, 0.1) is 11.1 Å². The molecule has 1 aliphatic carbocycles. The fraction of sp³-hybridized carbons (Fsp3) is 0.459. The van der Waals surface area contributed by atoms with Crippen LogP contribution in [0.3, 0.4) is 0 Å². The van der Waals surface area contributed by atoms with E-state index in [1.54, 1.807) is 11.6 Å². The number of ether oxygens (including phenoxy) is 2. The maximum absolute atomic E-state index is 13.1. The van der Waals surface area contributed by atoms with Gasteiger partial charge < -0.3 is 9.47 Å². The van der Waals surface area contributed by atoms with Crippen LogP contribution in [0.4, 0.5) is 0 Å². The van der Waals surface area contributed by atoms with E-state index in [-0.39, 0.29) is 35.0 Å². The second-order valence-corrected chi connectivity index (χ2v) is 13.3. The molecule has 1 aliphatic rings. The Morgan fingerprint density at radius 1 is 0.681 bits per heavy atom. The first-order chi connectivity index (χ1) is 22.2. The molecule has 1 saturated carbocycles. The summed E-state index contributed by atoms with van der Waals surface area (Å²) in [6, 6.07) is 11.8. The van der Waals surface area contributed by atoms with Crippen LogP contribution in [0.2, 0.25) is 0 Å². The molecule has 2 N–H and O–H groups in total. The van der Waals surface area contributed by atoms with E-state index in [1.807, 2.05) is 85.7 Å². The van der Waals surface area contributed by atoms with Crippen molar-refractivity contribution < 1.29 is 9.47 Å². The van der Waals surface area contributed by atoms with E-state index in [9.17, 15) is 19.2 Å². The second kappa shape index (κ2) is 14.9. The highest BCUT2D eigenvalue weighted by molar-refractivity contribution is 5.39. The zero-order chi connectivity index (χ0) is 34.6. The van der Waals surface area contributed by atoms with Gasteiger partial charge in [0, 0.05) is 13.1 Å². The summed E-state index contributed by atoms with van der Waals surface area (Å²) >= 11 is 0. The van der Waals surface area contributed by atoms with Gasteiger partial charge in [0.15, 0.2) is 0 Å².